The van der Waals surface area contributed by atoms with Gasteiger partial charge in [-0.05, 0) is 12.8 Å². The summed E-state index contributed by atoms with van der Waals surface area (Å²) in [5.41, 5.74) is 0.471. The number of nitrogens with one attached hydrogen (secondary N) is 1. The third kappa shape index (κ3) is 3.46. The van der Waals surface area contributed by atoms with Crippen molar-refractivity contribution in [1.29, 1.82) is 0 Å². The molecule has 0 fully saturated rings. The van der Waals surface area contributed by atoms with Gasteiger partial charge >= 0.3 is 0 Å². The van der Waals surface area contributed by atoms with Gasteiger partial charge in [0.15, 0.2) is 5.78 Å². The van der Waals surface area contributed by atoms with Gasteiger partial charge in [-0.3, -0.25) is 4.79 Å². The molecular formula is C11H19N3O. The minimum Gasteiger partial charge on any atom is -0.292 e. The number of unbranched alkanes of at least 4 members (excludes halogenated alkanes) is 2. The fraction of sp³-hybridized carbons (Fsp3) is 0.727. The molecule has 1 rings (SSSR count). The van der Waals surface area contributed by atoms with E-state index < -0.39 is 0 Å². The van der Waals surface area contributed by atoms with Gasteiger partial charge in [0.05, 0.1) is 6.20 Å². The smallest absolute Gasteiger partial charge is 0.187 e. The standard InChI is InChI=1S/C11H19N3O/c1-3-5-6-7-9(4-2)11(15)10-8-12-14-13-10/h8-9H,3-7H2,1-2H3,(H,12,13,14). The van der Waals surface area contributed by atoms with Crippen LogP contribution in [0.25, 0.3) is 0 Å². The predicted molar refractivity (Wildman–Crippen MR) is 58.6 cm³/mol. The molecule has 84 valence electrons. The van der Waals surface area contributed by atoms with E-state index in [1.807, 2.05) is 0 Å². The highest BCUT2D eigenvalue weighted by molar-refractivity contribution is 5.95. The molecule has 15 heavy (non-hydrogen) atoms. The van der Waals surface area contributed by atoms with Crippen molar-refractivity contribution in [3.05, 3.63) is 11.9 Å². The third-order valence-electron chi connectivity index (χ3n) is 2.69. The number of nitrogens with zero attached hydrogens (tertiary/aromatic N) is 2. The highest BCUT2D eigenvalue weighted by Gasteiger charge is 2.19. The van der Waals surface area contributed by atoms with Crippen molar-refractivity contribution in [2.24, 2.45) is 5.92 Å². The van der Waals surface area contributed by atoms with E-state index in [0.717, 1.165) is 19.3 Å². The summed E-state index contributed by atoms with van der Waals surface area (Å²) in [5.74, 6) is 0.240. The quantitative estimate of drug-likeness (QED) is 0.554. The Kier molecular flexibility index (Phi) is 5.01. The van der Waals surface area contributed by atoms with E-state index in [1.54, 1.807) is 0 Å². The predicted octanol–water partition coefficient (Wildman–Crippen LogP) is 2.59. The van der Waals surface area contributed by atoms with Crippen molar-refractivity contribution in [3.63, 3.8) is 0 Å². The number of hydrogen-bond donors (Lipinski definition) is 1. The van der Waals surface area contributed by atoms with Crippen LogP contribution in [0.5, 0.6) is 0 Å². The van der Waals surface area contributed by atoms with E-state index in [4.69, 9.17) is 0 Å². The van der Waals surface area contributed by atoms with E-state index >= 15 is 0 Å². The lowest BCUT2D eigenvalue weighted by Crippen LogP contribution is -2.14. The topological polar surface area (TPSA) is 58.6 Å². The fourth-order valence-electron chi connectivity index (χ4n) is 1.69. The molecule has 4 nitrogen and oxygen atoms in total. The highest BCUT2D eigenvalue weighted by Crippen LogP contribution is 2.17. The minimum absolute atomic E-state index is 0.113. The van der Waals surface area contributed by atoms with Gasteiger partial charge in [0, 0.05) is 5.92 Å². The molecule has 0 aromatic carbocycles. The Morgan fingerprint density at radius 2 is 2.27 bits per heavy atom. The van der Waals surface area contributed by atoms with Gasteiger partial charge < -0.3 is 0 Å². The first-order valence-corrected chi connectivity index (χ1v) is 5.69. The number of H-pyrrole nitrogens is 1. The number of aromatic nitrogens is 3. The Bertz CT molecular complexity index is 282. The summed E-state index contributed by atoms with van der Waals surface area (Å²) in [4.78, 5) is 11.9. The maximum atomic E-state index is 11.9. The molecule has 0 bridgehead atoms. The van der Waals surface area contributed by atoms with Crippen molar-refractivity contribution in [3.8, 4) is 0 Å². The molecule has 0 saturated heterocycles. The summed E-state index contributed by atoms with van der Waals surface area (Å²) < 4.78 is 0. The van der Waals surface area contributed by atoms with Crippen molar-refractivity contribution in [2.45, 2.75) is 46.0 Å². The fourth-order valence-corrected chi connectivity index (χ4v) is 1.69. The molecule has 0 aliphatic heterocycles. The molecule has 4 heteroatoms. The first kappa shape index (κ1) is 11.9. The summed E-state index contributed by atoms with van der Waals surface area (Å²) in [6.07, 6.45) is 6.87. The highest BCUT2D eigenvalue weighted by atomic mass is 16.1. The Morgan fingerprint density at radius 3 is 2.80 bits per heavy atom. The Hall–Kier alpha value is -1.19. The minimum atomic E-state index is 0.113. The van der Waals surface area contributed by atoms with Crippen LogP contribution < -0.4 is 0 Å². The third-order valence-corrected chi connectivity index (χ3v) is 2.69. The van der Waals surface area contributed by atoms with E-state index in [-0.39, 0.29) is 11.7 Å². The van der Waals surface area contributed by atoms with Gasteiger partial charge in [-0.2, -0.15) is 15.4 Å². The maximum Gasteiger partial charge on any atom is 0.187 e. The second kappa shape index (κ2) is 6.32. The van der Waals surface area contributed by atoms with Crippen LogP contribution >= 0.6 is 0 Å². The van der Waals surface area contributed by atoms with Crippen LogP contribution in [-0.4, -0.2) is 21.2 Å². The van der Waals surface area contributed by atoms with E-state index in [1.165, 1.54) is 19.0 Å². The molecule has 1 N–H and O–H groups in total. The second-order valence-electron chi connectivity index (χ2n) is 3.82. The lowest BCUT2D eigenvalue weighted by Gasteiger charge is -2.10. The van der Waals surface area contributed by atoms with Crippen LogP contribution in [0.1, 0.15) is 56.4 Å². The summed E-state index contributed by atoms with van der Waals surface area (Å²) in [6, 6.07) is 0. The molecule has 1 aromatic rings. The lowest BCUT2D eigenvalue weighted by molar-refractivity contribution is 0.0902. The molecule has 0 aliphatic rings. The van der Waals surface area contributed by atoms with Crippen LogP contribution in [0.4, 0.5) is 0 Å². The normalized spacial score (nSPS) is 12.7. The zero-order valence-electron chi connectivity index (χ0n) is 9.49. The number of hydrogen-bond acceptors (Lipinski definition) is 3. The van der Waals surface area contributed by atoms with E-state index in [0.29, 0.717) is 5.69 Å². The molecule has 0 saturated carbocycles. The Labute approximate surface area is 90.5 Å². The molecule has 0 spiro atoms. The van der Waals surface area contributed by atoms with Gasteiger partial charge in [0.25, 0.3) is 0 Å². The van der Waals surface area contributed by atoms with Gasteiger partial charge in [-0.15, -0.1) is 0 Å². The van der Waals surface area contributed by atoms with Gasteiger partial charge in [-0.25, -0.2) is 0 Å². The van der Waals surface area contributed by atoms with Crippen molar-refractivity contribution < 1.29 is 4.79 Å². The van der Waals surface area contributed by atoms with Gasteiger partial charge in [0.1, 0.15) is 5.69 Å². The van der Waals surface area contributed by atoms with Crippen LogP contribution in [0.2, 0.25) is 0 Å². The molecule has 1 unspecified atom stereocenters. The number of aromatic amines is 1. The zero-order valence-corrected chi connectivity index (χ0v) is 9.49. The molecule has 1 heterocycles. The maximum absolute atomic E-state index is 11.9. The average Bonchev–Trinajstić information content (AvgIpc) is 2.77. The molecular weight excluding hydrogens is 190 g/mol. The van der Waals surface area contributed by atoms with Crippen LogP contribution in [0.3, 0.4) is 0 Å². The summed E-state index contributed by atoms with van der Waals surface area (Å²) >= 11 is 0. The molecule has 0 aliphatic carbocycles. The summed E-state index contributed by atoms with van der Waals surface area (Å²) in [5, 5.41) is 9.96. The lowest BCUT2D eigenvalue weighted by atomic mass is 9.93. The molecule has 0 amide bonds. The van der Waals surface area contributed by atoms with Crippen LogP contribution in [-0.2, 0) is 0 Å². The SMILES string of the molecule is CCCCCC(CC)C(=O)c1cn[nH]n1. The summed E-state index contributed by atoms with van der Waals surface area (Å²) in [6.45, 7) is 4.22. The second-order valence-corrected chi connectivity index (χ2v) is 3.82. The first-order chi connectivity index (χ1) is 7.29. The Morgan fingerprint density at radius 1 is 1.47 bits per heavy atom. The van der Waals surface area contributed by atoms with E-state index in [2.05, 4.69) is 29.3 Å². The average molecular weight is 209 g/mol. The van der Waals surface area contributed by atoms with Crippen LogP contribution in [0, 0.1) is 5.92 Å². The summed E-state index contributed by atoms with van der Waals surface area (Å²) in [7, 11) is 0. The monoisotopic (exact) mass is 209 g/mol. The van der Waals surface area contributed by atoms with E-state index in [9.17, 15) is 4.79 Å². The molecule has 1 atom stereocenters. The molecule has 1 aromatic heterocycles. The number of carbonyl (C=O) groups is 1. The largest absolute Gasteiger partial charge is 0.292 e. The van der Waals surface area contributed by atoms with Gasteiger partial charge in [0.2, 0.25) is 0 Å². The molecule has 0 radical (unpaired) electrons. The number of carbonyl (C=O) groups excluding carboxylic acids is 1. The Balaban J connectivity index is 2.47. The zero-order chi connectivity index (χ0) is 11.1. The van der Waals surface area contributed by atoms with Crippen LogP contribution in [0.15, 0.2) is 6.20 Å². The number of rotatable bonds is 7. The first-order valence-electron chi connectivity index (χ1n) is 5.69. The number of ketones is 1. The van der Waals surface area contributed by atoms with Crippen molar-refractivity contribution in [1.82, 2.24) is 15.4 Å². The van der Waals surface area contributed by atoms with Crippen molar-refractivity contribution >= 4 is 5.78 Å². The number of Topliss-reactive ketones (excluding diaryl/α,β-unsaturated/α-hetero) is 1. The van der Waals surface area contributed by atoms with Crippen molar-refractivity contribution in [2.75, 3.05) is 0 Å². The van der Waals surface area contributed by atoms with Gasteiger partial charge in [-0.1, -0.05) is 33.1 Å².